The minimum absolute atomic E-state index is 0.214. The van der Waals surface area contributed by atoms with Crippen molar-refractivity contribution < 1.29 is 8.42 Å². The second kappa shape index (κ2) is 7.02. The number of nitrogen functional groups attached to an aromatic ring is 1. The van der Waals surface area contributed by atoms with Crippen LogP contribution in [0.4, 0.5) is 17.5 Å². The summed E-state index contributed by atoms with van der Waals surface area (Å²) in [7, 11) is -3.35. The number of hydrogen-bond acceptors (Lipinski definition) is 7. The van der Waals surface area contributed by atoms with E-state index in [1.807, 2.05) is 12.1 Å². The molecule has 0 amide bonds. The molecule has 2 heterocycles. The first-order valence-corrected chi connectivity index (χ1v) is 10.8. The van der Waals surface area contributed by atoms with Gasteiger partial charge in [-0.3, -0.25) is 5.10 Å². The van der Waals surface area contributed by atoms with E-state index in [0.717, 1.165) is 10.9 Å². The van der Waals surface area contributed by atoms with Crippen molar-refractivity contribution in [1.82, 2.24) is 20.2 Å². The zero-order chi connectivity index (χ0) is 20.8. The molecule has 0 aliphatic rings. The van der Waals surface area contributed by atoms with E-state index in [2.05, 4.69) is 25.5 Å². The smallest absolute Gasteiger partial charge is 0.229 e. The molecule has 4 N–H and O–H groups in total. The van der Waals surface area contributed by atoms with Crippen molar-refractivity contribution in [2.75, 3.05) is 17.3 Å². The third-order valence-electron chi connectivity index (χ3n) is 4.46. The Morgan fingerprint density at radius 2 is 2.00 bits per heavy atom. The van der Waals surface area contributed by atoms with Crippen molar-refractivity contribution in [3.63, 3.8) is 0 Å². The number of nitrogens with zero attached hydrogens (tertiary/aromatic N) is 3. The quantitative estimate of drug-likeness (QED) is 0.452. The SMILES string of the molecule is Cc1ccc(Nc2ncc(-c3n[nH]c4cccc(Cl)c34)c(N)n2)cc1S(C)(=O)=O. The van der Waals surface area contributed by atoms with Crippen LogP contribution < -0.4 is 11.1 Å². The number of H-pyrrole nitrogens is 1. The van der Waals surface area contributed by atoms with E-state index in [1.54, 1.807) is 37.4 Å². The van der Waals surface area contributed by atoms with E-state index >= 15 is 0 Å². The van der Waals surface area contributed by atoms with Crippen LogP contribution in [0.15, 0.2) is 47.5 Å². The van der Waals surface area contributed by atoms with Crippen LogP contribution >= 0.6 is 11.6 Å². The zero-order valence-corrected chi connectivity index (χ0v) is 17.1. The van der Waals surface area contributed by atoms with Crippen molar-refractivity contribution in [3.8, 4) is 11.3 Å². The van der Waals surface area contributed by atoms with Crippen LogP contribution in [0.25, 0.3) is 22.2 Å². The van der Waals surface area contributed by atoms with Crippen molar-refractivity contribution >= 4 is 49.8 Å². The summed E-state index contributed by atoms with van der Waals surface area (Å²) in [6.07, 6.45) is 2.72. The summed E-state index contributed by atoms with van der Waals surface area (Å²) in [6.45, 7) is 1.74. The van der Waals surface area contributed by atoms with Gasteiger partial charge in [0.1, 0.15) is 11.5 Å². The molecule has 0 unspecified atom stereocenters. The van der Waals surface area contributed by atoms with Gasteiger partial charge in [-0.15, -0.1) is 0 Å². The van der Waals surface area contributed by atoms with Gasteiger partial charge >= 0.3 is 0 Å². The molecule has 4 aromatic rings. The maximum atomic E-state index is 11.9. The third-order valence-corrected chi connectivity index (χ3v) is 6.01. The molecule has 0 saturated carbocycles. The van der Waals surface area contributed by atoms with Crippen molar-refractivity contribution in [3.05, 3.63) is 53.2 Å². The van der Waals surface area contributed by atoms with Crippen LogP contribution in [-0.2, 0) is 9.84 Å². The molecule has 0 bridgehead atoms. The Kier molecular flexibility index (Phi) is 4.64. The second-order valence-electron chi connectivity index (χ2n) is 6.60. The number of aryl methyl sites for hydroxylation is 1. The van der Waals surface area contributed by atoms with Gasteiger partial charge in [0.25, 0.3) is 0 Å². The molecule has 2 aromatic carbocycles. The van der Waals surface area contributed by atoms with E-state index in [4.69, 9.17) is 17.3 Å². The largest absolute Gasteiger partial charge is 0.383 e. The first-order valence-electron chi connectivity index (χ1n) is 8.57. The van der Waals surface area contributed by atoms with Gasteiger partial charge in [-0.1, -0.05) is 23.7 Å². The monoisotopic (exact) mass is 428 g/mol. The number of nitrogens with two attached hydrogens (primary N) is 1. The average molecular weight is 429 g/mol. The zero-order valence-electron chi connectivity index (χ0n) is 15.6. The molecule has 4 rings (SSSR count). The predicted molar refractivity (Wildman–Crippen MR) is 114 cm³/mol. The molecule has 10 heteroatoms. The highest BCUT2D eigenvalue weighted by Gasteiger charge is 2.16. The van der Waals surface area contributed by atoms with Crippen LogP contribution in [-0.4, -0.2) is 34.8 Å². The summed E-state index contributed by atoms with van der Waals surface area (Å²) < 4.78 is 23.8. The normalized spacial score (nSPS) is 11.7. The van der Waals surface area contributed by atoms with Gasteiger partial charge in [0.2, 0.25) is 5.95 Å². The molecule has 29 heavy (non-hydrogen) atoms. The first-order chi connectivity index (χ1) is 13.7. The molecular weight excluding hydrogens is 412 g/mol. The predicted octanol–water partition coefficient (Wildman–Crippen LogP) is 3.71. The Bertz CT molecular complexity index is 1350. The highest BCUT2D eigenvalue weighted by molar-refractivity contribution is 7.90. The fourth-order valence-corrected chi connectivity index (χ4v) is 4.33. The first kappa shape index (κ1) is 19.2. The summed E-state index contributed by atoms with van der Waals surface area (Å²) in [5.41, 5.74) is 9.22. The summed E-state index contributed by atoms with van der Waals surface area (Å²) >= 11 is 6.31. The molecule has 0 aliphatic heterocycles. The number of hydrogen-bond donors (Lipinski definition) is 3. The number of rotatable bonds is 4. The van der Waals surface area contributed by atoms with E-state index < -0.39 is 9.84 Å². The number of nitrogens with one attached hydrogen (secondary N) is 2. The van der Waals surface area contributed by atoms with Crippen LogP contribution in [0.3, 0.4) is 0 Å². The lowest BCUT2D eigenvalue weighted by Crippen LogP contribution is -2.04. The van der Waals surface area contributed by atoms with Crippen molar-refractivity contribution in [1.29, 1.82) is 0 Å². The number of aromatic amines is 1. The number of fused-ring (bicyclic) bond motifs is 1. The summed E-state index contributed by atoms with van der Waals surface area (Å²) in [5.74, 6) is 0.451. The van der Waals surface area contributed by atoms with Crippen molar-refractivity contribution in [2.45, 2.75) is 11.8 Å². The minimum Gasteiger partial charge on any atom is -0.383 e. The molecule has 0 spiro atoms. The van der Waals surface area contributed by atoms with Crippen LogP contribution in [0.2, 0.25) is 5.02 Å². The van der Waals surface area contributed by atoms with Gasteiger partial charge in [0.15, 0.2) is 9.84 Å². The van der Waals surface area contributed by atoms with Gasteiger partial charge in [-0.05, 0) is 36.8 Å². The highest BCUT2D eigenvalue weighted by atomic mass is 35.5. The number of benzene rings is 2. The Morgan fingerprint density at radius 3 is 2.72 bits per heavy atom. The number of halogens is 1. The Balaban J connectivity index is 1.70. The molecule has 0 radical (unpaired) electrons. The third kappa shape index (κ3) is 3.62. The minimum atomic E-state index is -3.35. The summed E-state index contributed by atoms with van der Waals surface area (Å²) in [5, 5.41) is 11.5. The second-order valence-corrected chi connectivity index (χ2v) is 9.00. The lowest BCUT2D eigenvalue weighted by atomic mass is 10.1. The average Bonchev–Trinajstić information content (AvgIpc) is 3.08. The van der Waals surface area contributed by atoms with Crippen LogP contribution in [0.1, 0.15) is 5.56 Å². The topological polar surface area (TPSA) is 127 Å². The fourth-order valence-electron chi connectivity index (χ4n) is 3.07. The summed E-state index contributed by atoms with van der Waals surface area (Å²) in [4.78, 5) is 8.82. The Morgan fingerprint density at radius 1 is 1.21 bits per heavy atom. The molecule has 0 aliphatic carbocycles. The lowest BCUT2D eigenvalue weighted by molar-refractivity contribution is 0.601. The van der Waals surface area contributed by atoms with Crippen LogP contribution in [0, 0.1) is 6.92 Å². The molecule has 0 atom stereocenters. The van der Waals surface area contributed by atoms with Gasteiger partial charge < -0.3 is 11.1 Å². The molecule has 0 saturated heterocycles. The van der Waals surface area contributed by atoms with Gasteiger partial charge in [0.05, 0.1) is 21.0 Å². The molecule has 148 valence electrons. The maximum Gasteiger partial charge on any atom is 0.229 e. The number of aromatic nitrogens is 4. The number of anilines is 3. The van der Waals surface area contributed by atoms with Crippen LogP contribution in [0.5, 0.6) is 0 Å². The maximum absolute atomic E-state index is 11.9. The fraction of sp³-hybridized carbons (Fsp3) is 0.105. The highest BCUT2D eigenvalue weighted by Crippen LogP contribution is 2.34. The van der Waals surface area contributed by atoms with E-state index in [-0.39, 0.29) is 16.7 Å². The standard InChI is InChI=1S/C19H17ClN6O2S/c1-10-6-7-11(8-15(10)29(2,27)28)23-19-22-9-12(18(21)24-19)17-16-13(20)4-3-5-14(16)25-26-17/h3-9H,1-2H3,(H,25,26)(H3,21,22,23,24). The molecule has 8 nitrogen and oxygen atoms in total. The number of sulfone groups is 1. The molecular formula is C19H17ClN6O2S. The molecule has 0 fully saturated rings. The van der Waals surface area contributed by atoms with E-state index in [9.17, 15) is 8.42 Å². The van der Waals surface area contributed by atoms with Crippen molar-refractivity contribution in [2.24, 2.45) is 0 Å². The Hall–Kier alpha value is -3.17. The van der Waals surface area contributed by atoms with Gasteiger partial charge in [0, 0.05) is 23.5 Å². The van der Waals surface area contributed by atoms with Gasteiger partial charge in [-0.25, -0.2) is 13.4 Å². The van der Waals surface area contributed by atoms with Gasteiger partial charge in [-0.2, -0.15) is 10.1 Å². The Labute approximate surface area is 172 Å². The van der Waals surface area contributed by atoms with E-state index in [0.29, 0.717) is 27.5 Å². The van der Waals surface area contributed by atoms with E-state index in [1.165, 1.54) is 6.26 Å². The molecule has 2 aromatic heterocycles. The lowest BCUT2D eigenvalue weighted by Gasteiger charge is -2.10. The summed E-state index contributed by atoms with van der Waals surface area (Å²) in [6, 6.07) is 10.5.